The van der Waals surface area contributed by atoms with E-state index < -0.39 is 23.5 Å². The van der Waals surface area contributed by atoms with E-state index in [4.69, 9.17) is 28.3 Å². The van der Waals surface area contributed by atoms with Crippen LogP contribution in [0.1, 0.15) is 35.7 Å². The number of nitrogens with one attached hydrogen (secondary N) is 1. The first-order chi connectivity index (χ1) is 15.3. The number of H-pyrrole nitrogens is 1. The Hall–Kier alpha value is -3.36. The lowest BCUT2D eigenvalue weighted by Gasteiger charge is -2.18. The summed E-state index contributed by atoms with van der Waals surface area (Å²) in [4.78, 5) is 30.5. The van der Waals surface area contributed by atoms with Crippen molar-refractivity contribution in [2.24, 2.45) is 4.99 Å². The summed E-state index contributed by atoms with van der Waals surface area (Å²) in [5, 5.41) is 20.4. The molecule has 0 amide bonds. The summed E-state index contributed by atoms with van der Waals surface area (Å²) in [5.74, 6) is -2.08. The first-order valence-corrected chi connectivity index (χ1v) is 10.3. The van der Waals surface area contributed by atoms with E-state index in [1.807, 2.05) is 0 Å². The number of hydrogen-bond acceptors (Lipinski definition) is 4. The lowest BCUT2D eigenvalue weighted by Crippen LogP contribution is -2.23. The zero-order valence-corrected chi connectivity index (χ0v) is 17.9. The Morgan fingerprint density at radius 2 is 1.94 bits per heavy atom. The summed E-state index contributed by atoms with van der Waals surface area (Å²) in [6.45, 7) is 0. The molecular weight excluding hydrogens is 460 g/mol. The topological polar surface area (TPSA) is 108 Å². The van der Waals surface area contributed by atoms with Gasteiger partial charge in [-0.3, -0.25) is 14.4 Å². The number of nitrogens with zero attached hydrogens (tertiary/aromatic N) is 2. The number of aromatic hydroxyl groups is 1. The minimum atomic E-state index is -1.03. The molecule has 32 heavy (non-hydrogen) atoms. The van der Waals surface area contributed by atoms with Gasteiger partial charge in [0.2, 0.25) is 5.88 Å². The minimum Gasteiger partial charge on any atom is -0.493 e. The van der Waals surface area contributed by atoms with Gasteiger partial charge in [0.1, 0.15) is 11.4 Å². The lowest BCUT2D eigenvalue weighted by atomic mass is 10.0. The number of carboxylic acid groups (broad SMARTS) is 1. The second kappa shape index (κ2) is 8.64. The number of fused-ring (bicyclic) bond motifs is 1. The van der Waals surface area contributed by atoms with Crippen molar-refractivity contribution in [3.05, 3.63) is 79.6 Å². The molecule has 0 bridgehead atoms. The average Bonchev–Trinajstić information content (AvgIpc) is 3.28. The normalized spacial score (nSPS) is 14.7. The van der Waals surface area contributed by atoms with E-state index in [0.29, 0.717) is 21.7 Å². The number of imidazole rings is 1. The maximum atomic E-state index is 14.2. The number of allylic oxidation sites excluding steroid dienone is 1. The Balaban J connectivity index is 1.77. The van der Waals surface area contributed by atoms with Crippen molar-refractivity contribution in [3.63, 3.8) is 0 Å². The van der Waals surface area contributed by atoms with Crippen LogP contribution in [0.4, 0.5) is 10.1 Å². The third-order valence-corrected chi connectivity index (χ3v) is 5.68. The average molecular weight is 476 g/mol. The van der Waals surface area contributed by atoms with Crippen LogP contribution in [-0.4, -0.2) is 31.9 Å². The van der Waals surface area contributed by atoms with Gasteiger partial charge >= 0.3 is 11.7 Å². The van der Waals surface area contributed by atoms with Gasteiger partial charge in [-0.2, -0.15) is 0 Å². The second-order valence-corrected chi connectivity index (χ2v) is 8.00. The zero-order valence-electron chi connectivity index (χ0n) is 16.3. The maximum Gasteiger partial charge on any atom is 0.329 e. The van der Waals surface area contributed by atoms with E-state index in [-0.39, 0.29) is 35.1 Å². The Morgan fingerprint density at radius 1 is 1.22 bits per heavy atom. The molecule has 2 heterocycles. The quantitative estimate of drug-likeness (QED) is 0.463. The fourth-order valence-electron chi connectivity index (χ4n) is 3.61. The van der Waals surface area contributed by atoms with Crippen LogP contribution in [0.2, 0.25) is 10.0 Å². The second-order valence-electron chi connectivity index (χ2n) is 7.15. The minimum absolute atomic E-state index is 0.0613. The SMILES string of the molecule is O=C(O)CCC(c1ccc(Cl)cc1)n1c(O)c(/C=C2\C=Nc3c2ccc(Cl)c3F)[nH]c1=O. The molecule has 164 valence electrons. The molecule has 0 saturated carbocycles. The molecule has 0 saturated heterocycles. The molecule has 0 fully saturated rings. The molecule has 0 radical (unpaired) electrons. The highest BCUT2D eigenvalue weighted by atomic mass is 35.5. The van der Waals surface area contributed by atoms with Crippen molar-refractivity contribution < 1.29 is 19.4 Å². The molecule has 0 aliphatic carbocycles. The molecule has 1 aliphatic heterocycles. The highest BCUT2D eigenvalue weighted by molar-refractivity contribution is 6.32. The molecular formula is C22H16Cl2FN3O4. The number of aromatic nitrogens is 2. The molecule has 10 heteroatoms. The predicted molar refractivity (Wildman–Crippen MR) is 121 cm³/mol. The number of carbonyl (C=O) groups is 1. The van der Waals surface area contributed by atoms with Gasteiger partial charge in [-0.05, 0) is 36.3 Å². The molecule has 1 atom stereocenters. The van der Waals surface area contributed by atoms with Crippen molar-refractivity contribution in [3.8, 4) is 5.88 Å². The Morgan fingerprint density at radius 3 is 2.62 bits per heavy atom. The summed E-state index contributed by atoms with van der Waals surface area (Å²) in [6, 6.07) is 8.81. The monoisotopic (exact) mass is 475 g/mol. The van der Waals surface area contributed by atoms with E-state index in [1.165, 1.54) is 18.4 Å². The Labute approximate surface area is 191 Å². The van der Waals surface area contributed by atoms with Crippen molar-refractivity contribution in [2.45, 2.75) is 18.9 Å². The van der Waals surface area contributed by atoms with Crippen molar-refractivity contribution >= 4 is 52.7 Å². The highest BCUT2D eigenvalue weighted by Gasteiger charge is 2.24. The summed E-state index contributed by atoms with van der Waals surface area (Å²) >= 11 is 11.7. The van der Waals surface area contributed by atoms with Gasteiger partial charge in [0, 0.05) is 28.8 Å². The number of rotatable bonds is 6. The number of hydrogen-bond donors (Lipinski definition) is 3. The molecule has 2 aromatic carbocycles. The zero-order chi connectivity index (χ0) is 23.0. The van der Waals surface area contributed by atoms with Crippen LogP contribution in [0.3, 0.4) is 0 Å². The van der Waals surface area contributed by atoms with Crippen LogP contribution in [0.15, 0.2) is 46.2 Å². The Bertz CT molecular complexity index is 1330. The first kappa shape index (κ1) is 21.9. The number of carboxylic acids is 1. The molecule has 3 N–H and O–H groups in total. The lowest BCUT2D eigenvalue weighted by molar-refractivity contribution is -0.137. The van der Waals surface area contributed by atoms with Gasteiger partial charge < -0.3 is 15.2 Å². The van der Waals surface area contributed by atoms with E-state index in [1.54, 1.807) is 30.3 Å². The van der Waals surface area contributed by atoms with Crippen LogP contribution in [-0.2, 0) is 4.79 Å². The van der Waals surface area contributed by atoms with Crippen molar-refractivity contribution in [2.75, 3.05) is 0 Å². The number of aromatic amines is 1. The molecule has 3 aromatic rings. The van der Waals surface area contributed by atoms with E-state index in [9.17, 15) is 19.1 Å². The summed E-state index contributed by atoms with van der Waals surface area (Å²) in [6.07, 6.45) is 2.71. The van der Waals surface area contributed by atoms with Crippen LogP contribution < -0.4 is 5.69 Å². The number of benzene rings is 2. The largest absolute Gasteiger partial charge is 0.493 e. The van der Waals surface area contributed by atoms with Crippen molar-refractivity contribution in [1.29, 1.82) is 0 Å². The Kier molecular flexibility index (Phi) is 5.90. The van der Waals surface area contributed by atoms with Gasteiger partial charge in [-0.15, -0.1) is 0 Å². The van der Waals surface area contributed by atoms with Gasteiger partial charge in [0.25, 0.3) is 0 Å². The smallest absolute Gasteiger partial charge is 0.329 e. The maximum absolute atomic E-state index is 14.2. The van der Waals surface area contributed by atoms with Crippen LogP contribution in [0.5, 0.6) is 5.88 Å². The summed E-state index contributed by atoms with van der Waals surface area (Å²) in [7, 11) is 0. The predicted octanol–water partition coefficient (Wildman–Crippen LogP) is 5.04. The first-order valence-electron chi connectivity index (χ1n) is 9.51. The van der Waals surface area contributed by atoms with Crippen LogP contribution >= 0.6 is 23.2 Å². The summed E-state index contributed by atoms with van der Waals surface area (Å²) in [5.41, 5.74) is 1.06. The number of halogens is 3. The third-order valence-electron chi connectivity index (χ3n) is 5.14. The number of aliphatic imine (C=N–C) groups is 1. The van der Waals surface area contributed by atoms with E-state index in [0.717, 1.165) is 4.57 Å². The molecule has 1 aliphatic rings. The highest BCUT2D eigenvalue weighted by Crippen LogP contribution is 2.38. The van der Waals surface area contributed by atoms with Gasteiger partial charge in [0.15, 0.2) is 5.82 Å². The number of aliphatic carboxylic acids is 1. The molecule has 4 rings (SSSR count). The fraction of sp³-hybridized carbons (Fsp3) is 0.136. The van der Waals surface area contributed by atoms with Gasteiger partial charge in [-0.25, -0.2) is 9.18 Å². The van der Waals surface area contributed by atoms with E-state index in [2.05, 4.69) is 9.98 Å². The molecule has 0 spiro atoms. The summed E-state index contributed by atoms with van der Waals surface area (Å²) < 4.78 is 15.3. The van der Waals surface area contributed by atoms with Crippen LogP contribution in [0, 0.1) is 5.82 Å². The van der Waals surface area contributed by atoms with Crippen molar-refractivity contribution in [1.82, 2.24) is 9.55 Å². The molecule has 7 nitrogen and oxygen atoms in total. The fourth-order valence-corrected chi connectivity index (χ4v) is 3.89. The van der Waals surface area contributed by atoms with Gasteiger partial charge in [-0.1, -0.05) is 41.4 Å². The molecule has 1 unspecified atom stereocenters. The standard InChI is InChI=1S/C22H16Cl2FN3O4/c23-13-3-1-11(2-4-13)17(7-8-18(29)30)28-21(31)16(27-22(28)32)9-12-10-26-20-14(12)5-6-15(24)19(20)25/h1-6,9-10,17,31H,7-8H2,(H,27,32)(H,29,30)/b12-9+. The van der Waals surface area contributed by atoms with Gasteiger partial charge in [0.05, 0.1) is 11.1 Å². The van der Waals surface area contributed by atoms with E-state index >= 15 is 0 Å². The van der Waals surface area contributed by atoms with Crippen LogP contribution in [0.25, 0.3) is 11.6 Å². The molecule has 1 aromatic heterocycles. The third kappa shape index (κ3) is 4.06.